The van der Waals surface area contributed by atoms with E-state index < -0.39 is 173 Å². The lowest BCUT2D eigenvalue weighted by atomic mass is 9.82. The van der Waals surface area contributed by atoms with E-state index >= 15 is 8.78 Å². The molecule has 0 radical (unpaired) electrons. The number of hydrogen-bond acceptors (Lipinski definition) is 19. The molecule has 0 aliphatic carbocycles. The van der Waals surface area contributed by atoms with Gasteiger partial charge in [-0.3, -0.25) is 9.59 Å². The summed E-state index contributed by atoms with van der Waals surface area (Å²) in [6, 6.07) is 59.5. The van der Waals surface area contributed by atoms with Gasteiger partial charge < -0.3 is 68.2 Å². The Labute approximate surface area is 697 Å². The molecular weight excluding hydrogens is 1540 g/mol. The van der Waals surface area contributed by atoms with Crippen LogP contribution >= 0.6 is 0 Å². The van der Waals surface area contributed by atoms with E-state index in [1.807, 2.05) is 6.92 Å². The number of halogens is 6. The van der Waals surface area contributed by atoms with Crippen molar-refractivity contribution < 1.29 is 135 Å². The van der Waals surface area contributed by atoms with E-state index in [0.717, 1.165) is 38.1 Å². The number of aliphatic hydroxyl groups is 2. The van der Waals surface area contributed by atoms with Crippen LogP contribution in [-0.4, -0.2) is 137 Å². The molecule has 12 rings (SSSR count). The van der Waals surface area contributed by atoms with Crippen molar-refractivity contribution in [1.29, 1.82) is 0 Å². The van der Waals surface area contributed by atoms with E-state index in [9.17, 15) is 61.3 Å². The number of carbonyl (C=O) groups excluding carboxylic acids is 7. The Morgan fingerprint density at radius 2 is 0.678 bits per heavy atom. The minimum Gasteiger partial charge on any atom is -0.462 e. The first-order valence-electron chi connectivity index (χ1n) is 43.9. The number of amides is 2. The number of ether oxygens (including phenoxy) is 10. The van der Waals surface area contributed by atoms with Gasteiger partial charge in [0.15, 0.2) is 12.2 Å². The van der Waals surface area contributed by atoms with Crippen LogP contribution in [0.15, 0.2) is 237 Å². The maximum absolute atomic E-state index is 15.5. The van der Waals surface area contributed by atoms with Crippen molar-refractivity contribution in [2.45, 2.75) is 160 Å². The molecule has 118 heavy (non-hydrogen) atoms. The van der Waals surface area contributed by atoms with Crippen LogP contribution in [-0.2, 0) is 59.3 Å². The number of benzene rings is 9. The van der Waals surface area contributed by atoms with E-state index in [1.165, 1.54) is 60.7 Å². The minimum absolute atomic E-state index is 0.0131. The SMILES string of the molecule is CC(=O)NCC(F)(F)c1ccc(O[C@@H]2OC(C)(C)[C@H](C)[C@@H](O)[C@H]2O)cc1-c1cccc(F)c1.CC(=O)NCC(F)(F)c1ccc(O[C@@H]2OC(C)(C)[C@H](C)[C@@H](OC(=O)c3ccccc3)[C@H]2OC(=O)c2ccccc2)cc1-c1cccc(F)c1.C[C@@H]1[C@@H](OC(=O)c2ccccc2)[C@@H](OC(=O)c2ccccc2)C(OC(=O)c2ccccc2)OC1(C)C.[3H][3H].[3H][3H].[3H][3H].[3H][3H].[3H][3H].[3H][3H]. The fraction of sp³-hybridized carbons (Fsp3) is 0.330. The van der Waals surface area contributed by atoms with Gasteiger partial charge in [-0.05, 0) is 185 Å². The molecule has 3 saturated heterocycles. The maximum atomic E-state index is 15.5. The standard InChI is InChI=1S/C38H36F3NO7.C29H28O7.C24H28F3NO5.6H2/c1-23-32(47-34(44)25-12-7-5-8-13-25)33(48-35(45)26-14-9-6-10-15-26)36(49-37(23,3)4)46-29-18-19-31(38(40,41)22-42-24(2)43)30(21-29)27-16-11-17-28(39)20-27;1-19-23(33-25(30)20-13-7-4-8-14-20)24(34-26(31)21-15-9-5-10-16-21)28(36-29(19,2)3)35-27(32)22-17-11-6-12-18-22;1-13-20(30)21(31)22(33-23(13,3)4)32-17-8-9-19(24(26,27)12-28-14(2)29)18(11-17)15-6-5-7-16(25)10-15;;;;;;/h5-21,23,32-33,36H,22H2,1-4H3,(H,42,43);4-19,23-24,28H,1-3H3;5-11,13,20-22,30-31H,12H2,1-4H3,(H,28,29);6*1H/t23-,32-,33-,36-;19-,23-,24-,28?;13-,20-,21-,22-;;;;;;/m111....../s1/i;;;6*1+2T. The number of esters is 5. The van der Waals surface area contributed by atoms with Crippen LogP contribution in [0.3, 0.4) is 0 Å². The molecule has 27 heteroatoms. The molecule has 3 heterocycles. The van der Waals surface area contributed by atoms with E-state index in [1.54, 1.807) is 207 Å². The zero-order valence-corrected chi connectivity index (χ0v) is 66.5. The van der Waals surface area contributed by atoms with E-state index in [4.69, 9.17) is 65.2 Å². The lowest BCUT2D eigenvalue weighted by molar-refractivity contribution is -0.291. The highest BCUT2D eigenvalue weighted by atomic mass is 19.3. The number of hydrogen-bond donors (Lipinski definition) is 4. The smallest absolute Gasteiger partial charge is 0.340 e. The van der Waals surface area contributed by atoms with Crippen molar-refractivity contribution in [3.8, 4) is 33.8 Å². The second-order valence-electron chi connectivity index (χ2n) is 30.2. The quantitative estimate of drug-likeness (QED) is 0.0279. The molecule has 4 N–H and O–H groups in total. The highest BCUT2D eigenvalue weighted by molar-refractivity contribution is 5.92. The molecule has 0 aromatic heterocycles. The van der Waals surface area contributed by atoms with Gasteiger partial charge in [-0.15, -0.1) is 0 Å². The van der Waals surface area contributed by atoms with Crippen molar-refractivity contribution >= 4 is 41.7 Å². The van der Waals surface area contributed by atoms with E-state index in [-0.39, 0.29) is 50.8 Å². The zero-order chi connectivity index (χ0) is 97.6. The second kappa shape index (κ2) is 38.1. The third-order valence-corrected chi connectivity index (χ3v) is 20.8. The first-order valence-corrected chi connectivity index (χ1v) is 37.9. The average molecular weight is 1670 g/mol. The molecule has 3 aliphatic rings. The number of aliphatic hydroxyl groups excluding tert-OH is 2. The Kier molecular flexibility index (Phi) is 25.9. The lowest BCUT2D eigenvalue weighted by Gasteiger charge is -2.48. The Morgan fingerprint density at radius 1 is 0.381 bits per heavy atom. The summed E-state index contributed by atoms with van der Waals surface area (Å²) in [5.41, 5.74) is -1.93. The predicted molar refractivity (Wildman–Crippen MR) is 434 cm³/mol. The van der Waals surface area contributed by atoms with Crippen LogP contribution < -0.4 is 20.1 Å². The average Bonchev–Trinajstić information content (AvgIpc) is 0.769. The Balaban J connectivity index is 0.000000393. The van der Waals surface area contributed by atoms with Gasteiger partial charge in [0.1, 0.15) is 29.2 Å². The van der Waals surface area contributed by atoms with Crippen LogP contribution in [0.5, 0.6) is 11.5 Å². The van der Waals surface area contributed by atoms with Gasteiger partial charge in [0, 0.05) is 60.5 Å². The number of alkyl halides is 4. The summed E-state index contributed by atoms with van der Waals surface area (Å²) in [4.78, 5) is 88.3. The Morgan fingerprint density at radius 3 is 1.02 bits per heavy atom. The van der Waals surface area contributed by atoms with Crippen LogP contribution in [0, 0.1) is 29.4 Å². The van der Waals surface area contributed by atoms with Gasteiger partial charge in [-0.1, -0.05) is 136 Å². The molecular formula is C91H104F6N2O19. The van der Waals surface area contributed by atoms with Crippen LogP contribution in [0.25, 0.3) is 22.3 Å². The number of nitrogens with one attached hydrogen (secondary N) is 2. The molecule has 0 saturated carbocycles. The predicted octanol–water partition coefficient (Wildman–Crippen LogP) is 17.5. The first kappa shape index (κ1) is 80.1. The van der Waals surface area contributed by atoms with Crippen molar-refractivity contribution in [3.63, 3.8) is 0 Å². The molecule has 9 aromatic carbocycles. The number of carbonyl (C=O) groups is 7. The number of rotatable bonds is 22. The third-order valence-electron chi connectivity index (χ3n) is 20.8. The third kappa shape index (κ3) is 22.3. The minimum atomic E-state index is -3.55. The molecule has 12 atom stereocenters. The van der Waals surface area contributed by atoms with Gasteiger partial charge in [0.05, 0.1) is 63.8 Å². The highest BCUT2D eigenvalue weighted by Crippen LogP contribution is 2.45. The maximum Gasteiger partial charge on any atom is 0.340 e. The summed E-state index contributed by atoms with van der Waals surface area (Å²) < 4.78 is 209. The largest absolute Gasteiger partial charge is 0.462 e. The Hall–Kier alpha value is -11.8. The Bertz CT molecular complexity index is 5030. The molecule has 634 valence electrons. The molecule has 1 unspecified atom stereocenters. The summed E-state index contributed by atoms with van der Waals surface area (Å²) in [5.74, 6) is -14.0. The monoisotopic (exact) mass is 1670 g/mol. The molecule has 0 spiro atoms. The van der Waals surface area contributed by atoms with Crippen molar-refractivity contribution in [2.24, 2.45) is 17.8 Å². The van der Waals surface area contributed by atoms with Crippen molar-refractivity contribution in [1.82, 2.24) is 10.6 Å². The van der Waals surface area contributed by atoms with Gasteiger partial charge >= 0.3 is 29.8 Å². The molecule has 9 aromatic rings. The van der Waals surface area contributed by atoms with Crippen LogP contribution in [0.4, 0.5) is 26.3 Å². The zero-order valence-electron chi connectivity index (χ0n) is 78.5. The summed E-state index contributed by atoms with van der Waals surface area (Å²) in [6.45, 7) is 16.3. The fourth-order valence-corrected chi connectivity index (χ4v) is 13.2. The van der Waals surface area contributed by atoms with E-state index in [0.29, 0.717) is 16.7 Å². The van der Waals surface area contributed by atoms with Gasteiger partial charge in [-0.25, -0.2) is 32.8 Å². The van der Waals surface area contributed by atoms with Crippen molar-refractivity contribution in [2.75, 3.05) is 13.1 Å². The molecule has 21 nitrogen and oxygen atoms in total. The van der Waals surface area contributed by atoms with Gasteiger partial charge in [0.2, 0.25) is 42.9 Å². The molecule has 2 amide bonds. The summed E-state index contributed by atoms with van der Waals surface area (Å²) in [6.07, 6.45) is -11.0. The first-order chi connectivity index (χ1) is 61.8. The van der Waals surface area contributed by atoms with Crippen LogP contribution in [0.1, 0.15) is 157 Å². The second-order valence-corrected chi connectivity index (χ2v) is 30.2. The molecule has 0 bridgehead atoms. The summed E-state index contributed by atoms with van der Waals surface area (Å²) >= 11 is 0. The fourth-order valence-electron chi connectivity index (χ4n) is 13.2. The van der Waals surface area contributed by atoms with E-state index in [2.05, 4.69) is 10.6 Å². The normalized spacial score (nSPS) is 22.7. The van der Waals surface area contributed by atoms with Gasteiger partial charge in [-0.2, -0.15) is 17.6 Å². The van der Waals surface area contributed by atoms with Gasteiger partial charge in [0.25, 0.3) is 11.8 Å². The van der Waals surface area contributed by atoms with Crippen molar-refractivity contribution in [3.05, 3.63) is 287 Å². The lowest BCUT2D eigenvalue weighted by Crippen LogP contribution is -2.62. The molecule has 3 aliphatic heterocycles. The summed E-state index contributed by atoms with van der Waals surface area (Å²) in [7, 11) is 0. The summed E-state index contributed by atoms with van der Waals surface area (Å²) in [5, 5.41) is 25.0. The van der Waals surface area contributed by atoms with Crippen LogP contribution in [0.2, 0.25) is 0 Å². The topological polar surface area (TPSA) is 276 Å². The molecule has 3 fully saturated rings. The highest BCUT2D eigenvalue weighted by Gasteiger charge is 2.56.